The van der Waals surface area contributed by atoms with E-state index in [4.69, 9.17) is 21.9 Å². The van der Waals surface area contributed by atoms with Gasteiger partial charge in [-0.2, -0.15) is 0 Å². The van der Waals surface area contributed by atoms with Crippen molar-refractivity contribution in [1.29, 1.82) is 0 Å². The highest BCUT2D eigenvalue weighted by atomic mass is 32.1. The molecule has 0 bridgehead atoms. The molecule has 1 amide bonds. The number of primary amides is 1. The summed E-state index contributed by atoms with van der Waals surface area (Å²) in [5, 5.41) is 0. The Labute approximate surface area is 123 Å². The van der Waals surface area contributed by atoms with Gasteiger partial charge in [-0.25, -0.2) is 4.99 Å². The average Bonchev–Trinajstić information content (AvgIpc) is 2.39. The molecule has 1 aromatic carbocycles. The van der Waals surface area contributed by atoms with E-state index in [1.807, 2.05) is 0 Å². The number of hydrogen-bond acceptors (Lipinski definition) is 5. The molecule has 1 rings (SSSR count). The number of nitrogens with two attached hydrogens (primary N) is 3. The quantitative estimate of drug-likeness (QED) is 0.265. The van der Waals surface area contributed by atoms with E-state index in [9.17, 15) is 4.79 Å². The molecule has 0 spiro atoms. The highest BCUT2D eigenvalue weighted by Crippen LogP contribution is 2.20. The van der Waals surface area contributed by atoms with Gasteiger partial charge in [0.05, 0.1) is 5.56 Å². The standard InChI is InChI=1S/C13H18N4O2S/c1-7(14)11(20)6-19-8-3-4-10(15)9(5-8)12(17-2)13(16)18/h3-5,20H,6,14-15H2,1-2H3,(H2,16,18)/p+1/b11-7-,17-12?. The highest BCUT2D eigenvalue weighted by Gasteiger charge is 2.19. The summed E-state index contributed by atoms with van der Waals surface area (Å²) >= 11 is 4.21. The van der Waals surface area contributed by atoms with Crippen molar-refractivity contribution in [3.8, 4) is 5.75 Å². The summed E-state index contributed by atoms with van der Waals surface area (Å²) in [6, 6.07) is 4.97. The topological polar surface area (TPSA) is 118 Å². The number of nitrogens with one attached hydrogen (secondary N) is 1. The van der Waals surface area contributed by atoms with Crippen molar-refractivity contribution in [1.82, 2.24) is 0 Å². The molecule has 0 radical (unpaired) electrons. The first kappa shape index (κ1) is 15.9. The zero-order valence-electron chi connectivity index (χ0n) is 11.4. The molecule has 0 saturated heterocycles. The van der Waals surface area contributed by atoms with Crippen LogP contribution in [-0.2, 0) is 4.79 Å². The summed E-state index contributed by atoms with van der Waals surface area (Å²) in [5.41, 5.74) is 18.5. The fraction of sp³-hybridized carbons (Fsp3) is 0.231. The van der Waals surface area contributed by atoms with E-state index in [2.05, 4.69) is 17.6 Å². The lowest BCUT2D eigenvalue weighted by molar-refractivity contribution is -0.418. The number of amides is 1. The minimum absolute atomic E-state index is 0.226. The molecule has 0 heterocycles. The minimum Gasteiger partial charge on any atom is -0.488 e. The number of allylic oxidation sites excluding steroid dienone is 1. The largest absolute Gasteiger partial charge is 0.488 e. The smallest absolute Gasteiger partial charge is 0.313 e. The molecule has 0 saturated carbocycles. The van der Waals surface area contributed by atoms with Crippen LogP contribution in [0.2, 0.25) is 0 Å². The van der Waals surface area contributed by atoms with E-state index in [-0.39, 0.29) is 12.3 Å². The van der Waals surface area contributed by atoms with Crippen molar-refractivity contribution in [3.63, 3.8) is 0 Å². The summed E-state index contributed by atoms with van der Waals surface area (Å²) in [6.45, 7) is 1.97. The molecule has 0 aromatic heterocycles. The maximum atomic E-state index is 11.3. The Morgan fingerprint density at radius 2 is 2.05 bits per heavy atom. The van der Waals surface area contributed by atoms with Gasteiger partial charge in [-0.1, -0.05) is 0 Å². The second kappa shape index (κ2) is 6.85. The summed E-state index contributed by atoms with van der Waals surface area (Å²) in [5.74, 6) is -0.0556. The molecule has 0 aliphatic rings. The van der Waals surface area contributed by atoms with E-state index in [0.29, 0.717) is 27.6 Å². The van der Waals surface area contributed by atoms with Gasteiger partial charge in [-0.15, -0.1) is 12.6 Å². The van der Waals surface area contributed by atoms with Crippen LogP contribution in [0.4, 0.5) is 5.69 Å². The summed E-state index contributed by atoms with van der Waals surface area (Å²) in [6.07, 6.45) is 0. The van der Waals surface area contributed by atoms with Crippen LogP contribution in [0.5, 0.6) is 5.75 Å². The van der Waals surface area contributed by atoms with Crippen LogP contribution in [0.15, 0.2) is 28.8 Å². The Balaban J connectivity index is 3.03. The lowest BCUT2D eigenvalue weighted by Crippen LogP contribution is -2.71. The van der Waals surface area contributed by atoms with Crippen LogP contribution < -0.4 is 26.9 Å². The third-order valence-corrected chi connectivity index (χ3v) is 3.10. The Kier molecular flexibility index (Phi) is 5.45. The van der Waals surface area contributed by atoms with Crippen molar-refractivity contribution < 1.29 is 14.5 Å². The Morgan fingerprint density at radius 3 is 2.55 bits per heavy atom. The summed E-state index contributed by atoms with van der Waals surface area (Å²) in [7, 11) is 1.60. The number of thiol groups is 1. The number of carbonyl (C=O) groups is 1. The number of rotatable bonds is 5. The summed E-state index contributed by atoms with van der Waals surface area (Å²) < 4.78 is 5.54. The molecule has 1 aromatic rings. The van der Waals surface area contributed by atoms with Crippen molar-refractivity contribution >= 4 is 29.9 Å². The first-order valence-corrected chi connectivity index (χ1v) is 6.33. The van der Waals surface area contributed by atoms with Gasteiger partial charge in [0.1, 0.15) is 19.4 Å². The fourth-order valence-electron chi connectivity index (χ4n) is 1.50. The summed E-state index contributed by atoms with van der Waals surface area (Å²) in [4.78, 5) is 14.7. The van der Waals surface area contributed by atoms with Crippen LogP contribution in [0.3, 0.4) is 0 Å². The molecule has 6 nitrogen and oxygen atoms in total. The number of carbonyl (C=O) groups excluding carboxylic acids is 1. The predicted molar refractivity (Wildman–Crippen MR) is 82.4 cm³/mol. The maximum absolute atomic E-state index is 11.3. The predicted octanol–water partition coefficient (Wildman–Crippen LogP) is -1.25. The Bertz CT molecular complexity index is 578. The third-order valence-electron chi connectivity index (χ3n) is 2.62. The number of anilines is 1. The molecule has 0 aliphatic heterocycles. The first-order valence-electron chi connectivity index (χ1n) is 5.88. The molecule has 0 fully saturated rings. The lowest BCUT2D eigenvalue weighted by Gasteiger charge is -2.09. The van der Waals surface area contributed by atoms with E-state index >= 15 is 0 Å². The monoisotopic (exact) mass is 295 g/mol. The number of nitrogen functional groups attached to an aromatic ring is 1. The normalized spacial score (nSPS) is 12.8. The number of benzene rings is 1. The lowest BCUT2D eigenvalue weighted by atomic mass is 10.1. The minimum atomic E-state index is -0.594. The van der Waals surface area contributed by atoms with E-state index in [0.717, 1.165) is 0 Å². The Hall–Kier alpha value is -2.15. The number of hydrogen-bond donors (Lipinski definition) is 5. The molecule has 7 N–H and O–H groups in total. The van der Waals surface area contributed by atoms with Gasteiger partial charge in [-0.3, -0.25) is 4.79 Å². The van der Waals surface area contributed by atoms with Crippen LogP contribution in [0.25, 0.3) is 0 Å². The average molecular weight is 295 g/mol. The second-order valence-electron chi connectivity index (χ2n) is 4.16. The zero-order valence-corrected chi connectivity index (χ0v) is 12.3. The van der Waals surface area contributed by atoms with Crippen molar-refractivity contribution in [2.75, 3.05) is 19.4 Å². The van der Waals surface area contributed by atoms with Crippen LogP contribution in [0, 0.1) is 0 Å². The van der Waals surface area contributed by atoms with Crippen LogP contribution in [0.1, 0.15) is 12.5 Å². The number of ether oxygens (including phenoxy) is 1. The molecular formula is C13H19N4O2S+. The molecular weight excluding hydrogens is 276 g/mol. The Morgan fingerprint density at radius 1 is 1.40 bits per heavy atom. The van der Waals surface area contributed by atoms with Crippen molar-refractivity contribution in [3.05, 3.63) is 34.4 Å². The molecule has 0 atom stereocenters. The zero-order chi connectivity index (χ0) is 15.3. The molecule has 7 heteroatoms. The van der Waals surface area contributed by atoms with Crippen molar-refractivity contribution in [2.45, 2.75) is 6.92 Å². The molecule has 20 heavy (non-hydrogen) atoms. The van der Waals surface area contributed by atoms with Gasteiger partial charge in [0.25, 0.3) is 5.71 Å². The molecule has 0 unspecified atom stereocenters. The van der Waals surface area contributed by atoms with Crippen molar-refractivity contribution in [2.24, 2.45) is 11.5 Å². The molecule has 108 valence electrons. The van der Waals surface area contributed by atoms with Gasteiger partial charge < -0.3 is 21.9 Å². The first-order chi connectivity index (χ1) is 9.36. The third kappa shape index (κ3) is 3.92. The van der Waals surface area contributed by atoms with Gasteiger partial charge in [0.2, 0.25) is 0 Å². The van der Waals surface area contributed by atoms with Crippen LogP contribution in [-0.4, -0.2) is 25.3 Å². The SMILES string of the molecule is C[NH+]=C(C(N)=O)c1cc(OC/C(S)=C(\C)N)ccc1N. The van der Waals surface area contributed by atoms with Gasteiger partial charge >= 0.3 is 5.91 Å². The van der Waals surface area contributed by atoms with Gasteiger partial charge in [0, 0.05) is 16.3 Å². The van der Waals surface area contributed by atoms with E-state index < -0.39 is 5.91 Å². The molecule has 0 aliphatic carbocycles. The van der Waals surface area contributed by atoms with Gasteiger partial charge in [0.15, 0.2) is 0 Å². The van der Waals surface area contributed by atoms with E-state index in [1.54, 1.807) is 32.2 Å². The van der Waals surface area contributed by atoms with Gasteiger partial charge in [-0.05, 0) is 25.1 Å². The fourth-order valence-corrected chi connectivity index (χ4v) is 1.56. The second-order valence-corrected chi connectivity index (χ2v) is 4.70. The van der Waals surface area contributed by atoms with E-state index in [1.165, 1.54) is 0 Å². The maximum Gasteiger partial charge on any atom is 0.313 e. The van der Waals surface area contributed by atoms with Crippen LogP contribution >= 0.6 is 12.6 Å². The highest BCUT2D eigenvalue weighted by molar-refractivity contribution is 7.84.